The highest BCUT2D eigenvalue weighted by Crippen LogP contribution is 2.32. The zero-order chi connectivity index (χ0) is 16.4. The van der Waals surface area contributed by atoms with Gasteiger partial charge >= 0.3 is 0 Å². The minimum atomic E-state index is 0.377. The van der Waals surface area contributed by atoms with E-state index in [9.17, 15) is 0 Å². The number of thiophene rings is 1. The van der Waals surface area contributed by atoms with Crippen molar-refractivity contribution in [3.8, 4) is 0 Å². The van der Waals surface area contributed by atoms with Crippen LogP contribution in [0.3, 0.4) is 0 Å². The van der Waals surface area contributed by atoms with E-state index in [1.807, 2.05) is 18.3 Å². The molecule has 2 aromatic rings. The molecular weight excluding hydrogens is 318 g/mol. The van der Waals surface area contributed by atoms with Gasteiger partial charge in [0, 0.05) is 18.0 Å². The van der Waals surface area contributed by atoms with Crippen LogP contribution in [0.15, 0.2) is 11.4 Å². The Morgan fingerprint density at radius 2 is 2.04 bits per heavy atom. The van der Waals surface area contributed by atoms with E-state index < -0.39 is 0 Å². The second-order valence-electron chi connectivity index (χ2n) is 7.17. The molecule has 24 heavy (non-hydrogen) atoms. The number of rotatable bonds is 5. The van der Waals surface area contributed by atoms with Crippen LogP contribution < -0.4 is 0 Å². The number of aromatic amines is 1. The molecule has 4 rings (SSSR count). The molecule has 0 amide bonds. The SMILES string of the molecule is Cc1nc([C@H]2CCCN2Cc2cc(CN3CCCCC3)cs2)n[nH]1. The van der Waals surface area contributed by atoms with Crippen molar-refractivity contribution in [2.45, 2.75) is 58.2 Å². The lowest BCUT2D eigenvalue weighted by Crippen LogP contribution is -2.28. The van der Waals surface area contributed by atoms with Gasteiger partial charge in [-0.3, -0.25) is 14.9 Å². The van der Waals surface area contributed by atoms with Gasteiger partial charge in [-0.1, -0.05) is 6.42 Å². The fraction of sp³-hybridized carbons (Fsp3) is 0.667. The van der Waals surface area contributed by atoms with Crippen LogP contribution in [0.5, 0.6) is 0 Å². The Morgan fingerprint density at radius 3 is 2.83 bits per heavy atom. The number of piperidine rings is 1. The minimum Gasteiger partial charge on any atom is -0.299 e. The maximum atomic E-state index is 4.56. The first-order valence-corrected chi connectivity index (χ1v) is 10.1. The predicted octanol–water partition coefficient (Wildman–Crippen LogP) is 3.50. The third kappa shape index (κ3) is 3.71. The van der Waals surface area contributed by atoms with Crippen LogP contribution in [-0.4, -0.2) is 44.6 Å². The van der Waals surface area contributed by atoms with Crippen LogP contribution in [0.4, 0.5) is 0 Å². The van der Waals surface area contributed by atoms with Crippen LogP contribution >= 0.6 is 11.3 Å². The van der Waals surface area contributed by atoms with E-state index in [0.29, 0.717) is 6.04 Å². The quantitative estimate of drug-likeness (QED) is 0.901. The van der Waals surface area contributed by atoms with Crippen LogP contribution in [0.1, 0.15) is 60.2 Å². The van der Waals surface area contributed by atoms with Crippen molar-refractivity contribution in [3.05, 3.63) is 33.5 Å². The lowest BCUT2D eigenvalue weighted by Gasteiger charge is -2.25. The molecule has 1 atom stereocenters. The average molecular weight is 346 g/mol. The molecule has 6 heteroatoms. The van der Waals surface area contributed by atoms with E-state index in [-0.39, 0.29) is 0 Å². The maximum absolute atomic E-state index is 4.56. The number of nitrogens with zero attached hydrogens (tertiary/aromatic N) is 4. The second kappa shape index (κ2) is 7.33. The Labute approximate surface area is 148 Å². The third-order valence-electron chi connectivity index (χ3n) is 5.20. The Bertz CT molecular complexity index is 658. The summed E-state index contributed by atoms with van der Waals surface area (Å²) >= 11 is 1.91. The van der Waals surface area contributed by atoms with Gasteiger partial charge in [0.25, 0.3) is 0 Å². The van der Waals surface area contributed by atoms with Crippen molar-refractivity contribution in [2.24, 2.45) is 0 Å². The smallest absolute Gasteiger partial charge is 0.167 e. The van der Waals surface area contributed by atoms with Crippen molar-refractivity contribution in [1.82, 2.24) is 25.0 Å². The molecule has 0 unspecified atom stereocenters. The summed E-state index contributed by atoms with van der Waals surface area (Å²) in [7, 11) is 0. The van der Waals surface area contributed by atoms with Crippen molar-refractivity contribution in [2.75, 3.05) is 19.6 Å². The molecule has 0 saturated carbocycles. The van der Waals surface area contributed by atoms with E-state index in [1.165, 1.54) is 55.6 Å². The van der Waals surface area contributed by atoms with E-state index >= 15 is 0 Å². The van der Waals surface area contributed by atoms with Crippen molar-refractivity contribution < 1.29 is 0 Å². The third-order valence-corrected chi connectivity index (χ3v) is 6.17. The molecule has 0 aromatic carbocycles. The number of aryl methyl sites for hydroxylation is 1. The van der Waals surface area contributed by atoms with Crippen LogP contribution in [0, 0.1) is 6.92 Å². The van der Waals surface area contributed by atoms with Crippen molar-refractivity contribution >= 4 is 11.3 Å². The summed E-state index contributed by atoms with van der Waals surface area (Å²) in [6, 6.07) is 2.79. The summed E-state index contributed by atoms with van der Waals surface area (Å²) in [6.45, 7) is 7.82. The van der Waals surface area contributed by atoms with Gasteiger partial charge in [-0.05, 0) is 69.3 Å². The second-order valence-corrected chi connectivity index (χ2v) is 8.16. The van der Waals surface area contributed by atoms with Gasteiger partial charge in [0.05, 0.1) is 6.04 Å². The highest BCUT2D eigenvalue weighted by molar-refractivity contribution is 7.10. The van der Waals surface area contributed by atoms with Gasteiger partial charge in [-0.15, -0.1) is 11.3 Å². The van der Waals surface area contributed by atoms with Crippen LogP contribution in [0.25, 0.3) is 0 Å². The highest BCUT2D eigenvalue weighted by Gasteiger charge is 2.29. The predicted molar refractivity (Wildman–Crippen MR) is 97.0 cm³/mol. The number of hydrogen-bond donors (Lipinski definition) is 1. The molecule has 2 aromatic heterocycles. The van der Waals surface area contributed by atoms with Gasteiger partial charge in [0.15, 0.2) is 5.82 Å². The van der Waals surface area contributed by atoms with E-state index in [2.05, 4.69) is 36.4 Å². The van der Waals surface area contributed by atoms with Crippen LogP contribution in [-0.2, 0) is 13.1 Å². The Hall–Kier alpha value is -1.24. The molecule has 130 valence electrons. The van der Waals surface area contributed by atoms with Crippen LogP contribution in [0.2, 0.25) is 0 Å². The molecule has 4 heterocycles. The summed E-state index contributed by atoms with van der Waals surface area (Å²) < 4.78 is 0. The van der Waals surface area contributed by atoms with E-state index in [0.717, 1.165) is 31.3 Å². The zero-order valence-corrected chi connectivity index (χ0v) is 15.3. The summed E-state index contributed by atoms with van der Waals surface area (Å²) in [4.78, 5) is 11.2. The fourth-order valence-electron chi connectivity index (χ4n) is 3.98. The van der Waals surface area contributed by atoms with Gasteiger partial charge in [0.1, 0.15) is 5.82 Å². The van der Waals surface area contributed by atoms with E-state index in [1.54, 1.807) is 0 Å². The maximum Gasteiger partial charge on any atom is 0.167 e. The molecule has 5 nitrogen and oxygen atoms in total. The molecule has 2 fully saturated rings. The first-order chi connectivity index (χ1) is 11.8. The number of aromatic nitrogens is 3. The minimum absolute atomic E-state index is 0.377. The molecule has 2 aliphatic rings. The Balaban J connectivity index is 1.38. The molecule has 2 aliphatic heterocycles. The summed E-state index contributed by atoms with van der Waals surface area (Å²) in [5.74, 6) is 1.88. The summed E-state index contributed by atoms with van der Waals surface area (Å²) in [6.07, 6.45) is 6.54. The van der Waals surface area contributed by atoms with Crippen molar-refractivity contribution in [1.29, 1.82) is 0 Å². The summed E-state index contributed by atoms with van der Waals surface area (Å²) in [5, 5.41) is 9.73. The number of hydrogen-bond acceptors (Lipinski definition) is 5. The molecule has 0 bridgehead atoms. The highest BCUT2D eigenvalue weighted by atomic mass is 32.1. The Kier molecular flexibility index (Phi) is 4.96. The molecule has 2 saturated heterocycles. The standard InChI is InChI=1S/C18H27N5S/c1-14-19-18(21-20-14)17-6-5-9-23(17)12-16-10-15(13-24-16)11-22-7-3-2-4-8-22/h10,13,17H,2-9,11-12H2,1H3,(H,19,20,21)/t17-/m1/s1. The molecule has 0 radical (unpaired) electrons. The average Bonchev–Trinajstić information content (AvgIpc) is 3.31. The largest absolute Gasteiger partial charge is 0.299 e. The normalized spacial score (nSPS) is 23.1. The van der Waals surface area contributed by atoms with Gasteiger partial charge in [0.2, 0.25) is 0 Å². The number of nitrogens with one attached hydrogen (secondary N) is 1. The van der Waals surface area contributed by atoms with Gasteiger partial charge in [-0.25, -0.2) is 4.98 Å². The summed E-state index contributed by atoms with van der Waals surface area (Å²) in [5.41, 5.74) is 1.49. The first-order valence-electron chi connectivity index (χ1n) is 9.19. The first kappa shape index (κ1) is 16.2. The van der Waals surface area contributed by atoms with Gasteiger partial charge < -0.3 is 0 Å². The van der Waals surface area contributed by atoms with E-state index in [4.69, 9.17) is 0 Å². The lowest BCUT2D eigenvalue weighted by atomic mass is 10.1. The zero-order valence-electron chi connectivity index (χ0n) is 14.5. The van der Waals surface area contributed by atoms with Gasteiger partial charge in [-0.2, -0.15) is 5.10 Å². The fourth-order valence-corrected chi connectivity index (χ4v) is 4.89. The molecule has 1 N–H and O–H groups in total. The lowest BCUT2D eigenvalue weighted by molar-refractivity contribution is 0.221. The topological polar surface area (TPSA) is 48.1 Å². The number of H-pyrrole nitrogens is 1. The molecule has 0 aliphatic carbocycles. The number of likely N-dealkylation sites (tertiary alicyclic amines) is 2. The van der Waals surface area contributed by atoms with Crippen molar-refractivity contribution in [3.63, 3.8) is 0 Å². The Morgan fingerprint density at radius 1 is 1.17 bits per heavy atom. The molecular formula is C18H27N5S. The molecule has 0 spiro atoms. The monoisotopic (exact) mass is 345 g/mol.